The fourth-order valence-corrected chi connectivity index (χ4v) is 1.35. The number of rotatable bonds is 2. The summed E-state index contributed by atoms with van der Waals surface area (Å²) in [6, 6.07) is 4.20. The largest absolute Gasteiger partial charge is 0.495 e. The lowest BCUT2D eigenvalue weighted by Crippen LogP contribution is -2.28. The van der Waals surface area contributed by atoms with Crippen molar-refractivity contribution in [3.05, 3.63) is 24.0 Å². The Bertz CT molecular complexity index is 345. The van der Waals surface area contributed by atoms with E-state index in [1.165, 1.54) is 0 Å². The number of ether oxygens (including phenoxy) is 1. The fourth-order valence-electron chi connectivity index (χ4n) is 1.35. The number of hydrogen-bond donors (Lipinski definition) is 1. The van der Waals surface area contributed by atoms with Gasteiger partial charge in [0.15, 0.2) is 0 Å². The highest BCUT2D eigenvalue weighted by atomic mass is 16.5. The zero-order valence-electron chi connectivity index (χ0n) is 8.32. The van der Waals surface area contributed by atoms with Gasteiger partial charge in [0.25, 0.3) is 0 Å². The summed E-state index contributed by atoms with van der Waals surface area (Å²) in [4.78, 5) is 8.59. The van der Waals surface area contributed by atoms with Gasteiger partial charge in [0.2, 0.25) is 0 Å². The molecule has 1 aliphatic rings. The van der Waals surface area contributed by atoms with E-state index in [4.69, 9.17) is 4.74 Å². The molecule has 0 aromatic carbocycles. The SMILES string of the molecule is COc1ccc(C2=NCC(C)N2)nc1. The normalized spacial score (nSPS) is 20.1. The molecule has 1 aromatic rings. The van der Waals surface area contributed by atoms with Gasteiger partial charge >= 0.3 is 0 Å². The number of nitrogens with zero attached hydrogens (tertiary/aromatic N) is 2. The van der Waals surface area contributed by atoms with Gasteiger partial charge in [-0.25, -0.2) is 4.98 Å². The highest BCUT2D eigenvalue weighted by Crippen LogP contribution is 2.09. The quantitative estimate of drug-likeness (QED) is 0.753. The van der Waals surface area contributed by atoms with Gasteiger partial charge in [-0.05, 0) is 19.1 Å². The van der Waals surface area contributed by atoms with Crippen LogP contribution in [0.25, 0.3) is 0 Å². The summed E-state index contributed by atoms with van der Waals surface area (Å²) >= 11 is 0. The number of aromatic nitrogens is 1. The predicted octanol–water partition coefficient (Wildman–Crippen LogP) is 0.829. The van der Waals surface area contributed by atoms with E-state index >= 15 is 0 Å². The third-order valence-electron chi connectivity index (χ3n) is 2.12. The first-order valence-electron chi connectivity index (χ1n) is 4.61. The van der Waals surface area contributed by atoms with E-state index in [1.54, 1.807) is 13.3 Å². The zero-order chi connectivity index (χ0) is 9.97. The van der Waals surface area contributed by atoms with E-state index in [0.29, 0.717) is 6.04 Å². The molecule has 4 nitrogen and oxygen atoms in total. The van der Waals surface area contributed by atoms with Crippen LogP contribution in [-0.2, 0) is 0 Å². The number of methoxy groups -OCH3 is 1. The van der Waals surface area contributed by atoms with Gasteiger partial charge in [0, 0.05) is 6.04 Å². The molecule has 0 bridgehead atoms. The lowest BCUT2D eigenvalue weighted by Gasteiger charge is -2.05. The fraction of sp³-hybridized carbons (Fsp3) is 0.400. The van der Waals surface area contributed by atoms with Gasteiger partial charge in [-0.3, -0.25) is 4.99 Å². The molecule has 2 heterocycles. The standard InChI is InChI=1S/C10H13N3O/c1-7-5-12-10(13-7)9-4-3-8(14-2)6-11-9/h3-4,6-7H,5H2,1-2H3,(H,12,13). The smallest absolute Gasteiger partial charge is 0.147 e. The van der Waals surface area contributed by atoms with Crippen molar-refractivity contribution < 1.29 is 4.74 Å². The molecule has 0 amide bonds. The van der Waals surface area contributed by atoms with Crippen molar-refractivity contribution in [3.8, 4) is 5.75 Å². The average molecular weight is 191 g/mol. The number of amidine groups is 1. The van der Waals surface area contributed by atoms with Crippen LogP contribution in [-0.4, -0.2) is 30.5 Å². The second-order valence-corrected chi connectivity index (χ2v) is 3.32. The van der Waals surface area contributed by atoms with Crippen molar-refractivity contribution in [3.63, 3.8) is 0 Å². The third-order valence-corrected chi connectivity index (χ3v) is 2.12. The summed E-state index contributed by atoms with van der Waals surface area (Å²) in [5.41, 5.74) is 0.871. The van der Waals surface area contributed by atoms with Gasteiger partial charge in [-0.1, -0.05) is 0 Å². The van der Waals surface area contributed by atoms with Crippen LogP contribution in [0, 0.1) is 0 Å². The molecule has 4 heteroatoms. The van der Waals surface area contributed by atoms with Crippen LogP contribution >= 0.6 is 0 Å². The Morgan fingerprint density at radius 3 is 2.86 bits per heavy atom. The third kappa shape index (κ3) is 1.69. The van der Waals surface area contributed by atoms with Crippen LogP contribution in [0.5, 0.6) is 5.75 Å². The van der Waals surface area contributed by atoms with Crippen LogP contribution in [0.3, 0.4) is 0 Å². The minimum absolute atomic E-state index is 0.411. The first-order valence-corrected chi connectivity index (χ1v) is 4.61. The van der Waals surface area contributed by atoms with Gasteiger partial charge < -0.3 is 10.1 Å². The van der Waals surface area contributed by atoms with E-state index in [1.807, 2.05) is 12.1 Å². The van der Waals surface area contributed by atoms with Crippen molar-refractivity contribution in [1.82, 2.24) is 10.3 Å². The highest BCUT2D eigenvalue weighted by Gasteiger charge is 2.14. The van der Waals surface area contributed by atoms with Gasteiger partial charge in [0.05, 0.1) is 19.9 Å². The molecule has 0 saturated heterocycles. The Kier molecular flexibility index (Phi) is 2.35. The maximum Gasteiger partial charge on any atom is 0.147 e. The van der Waals surface area contributed by atoms with E-state index in [-0.39, 0.29) is 0 Å². The Labute approximate surface area is 83.0 Å². The van der Waals surface area contributed by atoms with E-state index < -0.39 is 0 Å². The number of aliphatic imine (C=N–C) groups is 1. The molecule has 14 heavy (non-hydrogen) atoms. The van der Waals surface area contributed by atoms with Crippen molar-refractivity contribution in [2.45, 2.75) is 13.0 Å². The molecule has 0 aliphatic carbocycles. The number of hydrogen-bond acceptors (Lipinski definition) is 4. The molecule has 1 aromatic heterocycles. The second-order valence-electron chi connectivity index (χ2n) is 3.32. The maximum absolute atomic E-state index is 5.03. The van der Waals surface area contributed by atoms with Gasteiger partial charge in [-0.2, -0.15) is 0 Å². The van der Waals surface area contributed by atoms with Gasteiger partial charge in [0.1, 0.15) is 17.3 Å². The molecule has 0 saturated carbocycles. The molecule has 1 unspecified atom stereocenters. The van der Waals surface area contributed by atoms with Crippen molar-refractivity contribution in [2.75, 3.05) is 13.7 Å². The van der Waals surface area contributed by atoms with E-state index in [2.05, 4.69) is 22.2 Å². The van der Waals surface area contributed by atoms with Crippen molar-refractivity contribution in [1.29, 1.82) is 0 Å². The molecule has 0 radical (unpaired) electrons. The number of pyridine rings is 1. The number of nitrogens with one attached hydrogen (secondary N) is 1. The van der Waals surface area contributed by atoms with Crippen LogP contribution in [0.1, 0.15) is 12.6 Å². The Balaban J connectivity index is 2.17. The van der Waals surface area contributed by atoms with Crippen LogP contribution < -0.4 is 10.1 Å². The van der Waals surface area contributed by atoms with E-state index in [0.717, 1.165) is 23.8 Å². The summed E-state index contributed by atoms with van der Waals surface area (Å²) in [5, 5.41) is 3.25. The predicted molar refractivity (Wildman–Crippen MR) is 54.8 cm³/mol. The summed E-state index contributed by atoms with van der Waals surface area (Å²) in [5.74, 6) is 1.64. The molecular formula is C10H13N3O. The van der Waals surface area contributed by atoms with Crippen molar-refractivity contribution in [2.24, 2.45) is 4.99 Å². The molecule has 1 N–H and O–H groups in total. The van der Waals surface area contributed by atoms with Crippen LogP contribution in [0.15, 0.2) is 23.3 Å². The monoisotopic (exact) mass is 191 g/mol. The molecule has 2 rings (SSSR count). The summed E-state index contributed by atoms with van der Waals surface area (Å²) < 4.78 is 5.03. The summed E-state index contributed by atoms with van der Waals surface area (Å²) in [7, 11) is 1.63. The Morgan fingerprint density at radius 1 is 1.50 bits per heavy atom. The molecule has 1 atom stereocenters. The van der Waals surface area contributed by atoms with E-state index in [9.17, 15) is 0 Å². The Hall–Kier alpha value is -1.58. The minimum Gasteiger partial charge on any atom is -0.495 e. The minimum atomic E-state index is 0.411. The average Bonchev–Trinajstić information content (AvgIpc) is 2.65. The second kappa shape index (κ2) is 3.65. The lowest BCUT2D eigenvalue weighted by molar-refractivity contribution is 0.413. The first-order chi connectivity index (χ1) is 6.79. The first kappa shape index (κ1) is 8.99. The molecule has 1 aliphatic heterocycles. The zero-order valence-corrected chi connectivity index (χ0v) is 8.32. The molecular weight excluding hydrogens is 178 g/mol. The summed E-state index contributed by atoms with van der Waals surface area (Å²) in [6.07, 6.45) is 1.70. The van der Waals surface area contributed by atoms with Crippen LogP contribution in [0.2, 0.25) is 0 Å². The van der Waals surface area contributed by atoms with Gasteiger partial charge in [-0.15, -0.1) is 0 Å². The summed E-state index contributed by atoms with van der Waals surface area (Å²) in [6.45, 7) is 2.92. The Morgan fingerprint density at radius 2 is 2.36 bits per heavy atom. The lowest BCUT2D eigenvalue weighted by atomic mass is 10.3. The van der Waals surface area contributed by atoms with Crippen LogP contribution in [0.4, 0.5) is 0 Å². The topological polar surface area (TPSA) is 46.5 Å². The molecule has 74 valence electrons. The highest BCUT2D eigenvalue weighted by molar-refractivity contribution is 5.98. The molecule has 0 spiro atoms. The van der Waals surface area contributed by atoms with Crippen molar-refractivity contribution >= 4 is 5.84 Å². The molecule has 0 fully saturated rings. The maximum atomic E-state index is 5.03.